The Labute approximate surface area is 98.7 Å². The van der Waals surface area contributed by atoms with E-state index >= 15 is 0 Å². The van der Waals surface area contributed by atoms with Gasteiger partial charge in [-0.15, -0.1) is 0 Å². The molecule has 0 bridgehead atoms. The Bertz CT molecular complexity index is 406. The lowest BCUT2D eigenvalue weighted by Gasteiger charge is -2.16. The highest BCUT2D eigenvalue weighted by molar-refractivity contribution is 7.85. The average molecular weight is 239 g/mol. The van der Waals surface area contributed by atoms with E-state index in [2.05, 4.69) is 5.32 Å². The largest absolute Gasteiger partial charge is 0.497 e. The SMILES string of the molecule is CNC1CCCS(=O)c2ccc(OC)cc21. The molecule has 2 atom stereocenters. The van der Waals surface area contributed by atoms with Crippen LogP contribution in [0.3, 0.4) is 0 Å². The molecule has 0 radical (unpaired) electrons. The molecule has 2 rings (SSSR count). The second kappa shape index (κ2) is 4.97. The van der Waals surface area contributed by atoms with Gasteiger partial charge in [0.25, 0.3) is 0 Å². The first kappa shape index (κ1) is 11.6. The van der Waals surface area contributed by atoms with E-state index in [1.807, 2.05) is 25.2 Å². The predicted molar refractivity (Wildman–Crippen MR) is 65.3 cm³/mol. The smallest absolute Gasteiger partial charge is 0.119 e. The summed E-state index contributed by atoms with van der Waals surface area (Å²) in [5.41, 5.74) is 1.12. The summed E-state index contributed by atoms with van der Waals surface area (Å²) >= 11 is 0. The monoisotopic (exact) mass is 239 g/mol. The molecule has 3 nitrogen and oxygen atoms in total. The van der Waals surface area contributed by atoms with E-state index < -0.39 is 10.8 Å². The molecule has 0 saturated carbocycles. The van der Waals surface area contributed by atoms with Crippen molar-refractivity contribution in [2.24, 2.45) is 0 Å². The predicted octanol–water partition coefficient (Wildman–Crippen LogP) is 1.86. The van der Waals surface area contributed by atoms with E-state index in [1.54, 1.807) is 7.11 Å². The number of fused-ring (bicyclic) bond motifs is 1. The van der Waals surface area contributed by atoms with Crippen molar-refractivity contribution in [2.75, 3.05) is 19.9 Å². The number of ether oxygens (including phenoxy) is 1. The van der Waals surface area contributed by atoms with Crippen LogP contribution in [-0.2, 0) is 10.8 Å². The summed E-state index contributed by atoms with van der Waals surface area (Å²) in [6.07, 6.45) is 2.03. The first-order valence-corrected chi connectivity index (χ1v) is 6.81. The van der Waals surface area contributed by atoms with Gasteiger partial charge in [0.2, 0.25) is 0 Å². The third-order valence-electron chi connectivity index (χ3n) is 3.01. The van der Waals surface area contributed by atoms with Crippen LogP contribution in [0.5, 0.6) is 5.75 Å². The molecule has 1 aromatic rings. The molecule has 1 aliphatic heterocycles. The van der Waals surface area contributed by atoms with Gasteiger partial charge in [0.05, 0.1) is 17.9 Å². The van der Waals surface area contributed by atoms with Crippen molar-refractivity contribution in [3.05, 3.63) is 23.8 Å². The van der Waals surface area contributed by atoms with Crippen LogP contribution in [-0.4, -0.2) is 24.1 Å². The van der Waals surface area contributed by atoms with Crippen LogP contribution in [0.2, 0.25) is 0 Å². The standard InChI is InChI=1S/C12H17NO2S/c1-13-11-4-3-7-16(14)12-6-5-9(15-2)8-10(11)12/h5-6,8,11,13H,3-4,7H2,1-2H3. The van der Waals surface area contributed by atoms with Crippen molar-refractivity contribution in [3.63, 3.8) is 0 Å². The molecule has 0 spiro atoms. The maximum absolute atomic E-state index is 12.0. The van der Waals surface area contributed by atoms with Gasteiger partial charge in [0, 0.05) is 16.7 Å². The zero-order valence-corrected chi connectivity index (χ0v) is 10.5. The first-order chi connectivity index (χ1) is 7.76. The van der Waals surface area contributed by atoms with E-state index in [1.165, 1.54) is 0 Å². The van der Waals surface area contributed by atoms with Gasteiger partial charge in [-0.25, -0.2) is 0 Å². The average Bonchev–Trinajstić information content (AvgIpc) is 2.48. The molecule has 0 amide bonds. The van der Waals surface area contributed by atoms with Gasteiger partial charge in [-0.2, -0.15) is 0 Å². The van der Waals surface area contributed by atoms with Crippen LogP contribution in [0.4, 0.5) is 0 Å². The van der Waals surface area contributed by atoms with Gasteiger partial charge in [-0.3, -0.25) is 4.21 Å². The Kier molecular flexibility index (Phi) is 3.61. The highest BCUT2D eigenvalue weighted by atomic mass is 32.2. The van der Waals surface area contributed by atoms with Crippen molar-refractivity contribution in [3.8, 4) is 5.75 Å². The fourth-order valence-electron chi connectivity index (χ4n) is 2.12. The minimum Gasteiger partial charge on any atom is -0.497 e. The van der Waals surface area contributed by atoms with Crippen molar-refractivity contribution in [1.29, 1.82) is 0 Å². The molecule has 0 saturated heterocycles. The summed E-state index contributed by atoms with van der Waals surface area (Å²) < 4.78 is 17.2. The van der Waals surface area contributed by atoms with Gasteiger partial charge in [-0.1, -0.05) is 0 Å². The van der Waals surface area contributed by atoms with Crippen LogP contribution in [0.15, 0.2) is 23.1 Å². The molecule has 0 fully saturated rings. The number of hydrogen-bond donors (Lipinski definition) is 1. The van der Waals surface area contributed by atoms with Crippen LogP contribution >= 0.6 is 0 Å². The molecule has 0 aliphatic carbocycles. The molecule has 16 heavy (non-hydrogen) atoms. The quantitative estimate of drug-likeness (QED) is 0.856. The second-order valence-electron chi connectivity index (χ2n) is 3.94. The second-order valence-corrected chi connectivity index (χ2v) is 5.48. The lowest BCUT2D eigenvalue weighted by Crippen LogP contribution is -2.16. The topological polar surface area (TPSA) is 38.3 Å². The Morgan fingerprint density at radius 3 is 3.00 bits per heavy atom. The van der Waals surface area contributed by atoms with E-state index in [9.17, 15) is 4.21 Å². The molecule has 1 aromatic carbocycles. The molecular formula is C12H17NO2S. The van der Waals surface area contributed by atoms with Crippen LogP contribution in [0.25, 0.3) is 0 Å². The fourth-order valence-corrected chi connectivity index (χ4v) is 3.45. The molecule has 0 aromatic heterocycles. The first-order valence-electron chi connectivity index (χ1n) is 5.50. The van der Waals surface area contributed by atoms with E-state index in [0.717, 1.165) is 34.8 Å². The molecule has 4 heteroatoms. The molecule has 1 heterocycles. The normalized spacial score (nSPS) is 24.6. The Balaban J connectivity index is 2.49. The van der Waals surface area contributed by atoms with E-state index in [0.29, 0.717) is 0 Å². The van der Waals surface area contributed by atoms with Gasteiger partial charge in [-0.05, 0) is 43.7 Å². The number of methoxy groups -OCH3 is 1. The van der Waals surface area contributed by atoms with Gasteiger partial charge < -0.3 is 10.1 Å². The summed E-state index contributed by atoms with van der Waals surface area (Å²) in [5.74, 6) is 1.59. The third kappa shape index (κ3) is 2.13. The third-order valence-corrected chi connectivity index (χ3v) is 4.53. The minimum atomic E-state index is -0.861. The lowest BCUT2D eigenvalue weighted by molar-refractivity contribution is 0.412. The maximum atomic E-state index is 12.0. The van der Waals surface area contributed by atoms with Crippen molar-refractivity contribution >= 4 is 10.8 Å². The van der Waals surface area contributed by atoms with E-state index in [4.69, 9.17) is 4.74 Å². The van der Waals surface area contributed by atoms with Crippen molar-refractivity contribution < 1.29 is 8.95 Å². The van der Waals surface area contributed by atoms with Crippen molar-refractivity contribution in [2.45, 2.75) is 23.8 Å². The van der Waals surface area contributed by atoms with Gasteiger partial charge in [0.15, 0.2) is 0 Å². The number of rotatable bonds is 2. The highest BCUT2D eigenvalue weighted by Crippen LogP contribution is 2.31. The number of benzene rings is 1. The summed E-state index contributed by atoms with van der Waals surface area (Å²) in [4.78, 5) is 0.956. The number of hydrogen-bond acceptors (Lipinski definition) is 3. The zero-order valence-electron chi connectivity index (χ0n) is 9.66. The Hall–Kier alpha value is -0.870. The van der Waals surface area contributed by atoms with Crippen LogP contribution < -0.4 is 10.1 Å². The van der Waals surface area contributed by atoms with E-state index in [-0.39, 0.29) is 6.04 Å². The van der Waals surface area contributed by atoms with Gasteiger partial charge in [0.1, 0.15) is 5.75 Å². The lowest BCUT2D eigenvalue weighted by atomic mass is 10.0. The van der Waals surface area contributed by atoms with Crippen LogP contribution in [0, 0.1) is 0 Å². The Morgan fingerprint density at radius 2 is 2.31 bits per heavy atom. The molecule has 88 valence electrons. The summed E-state index contributed by atoms with van der Waals surface area (Å²) in [7, 11) is 2.74. The molecule has 1 aliphatic rings. The van der Waals surface area contributed by atoms with Crippen LogP contribution in [0.1, 0.15) is 24.4 Å². The minimum absolute atomic E-state index is 0.288. The summed E-state index contributed by atoms with van der Waals surface area (Å²) in [6, 6.07) is 6.10. The maximum Gasteiger partial charge on any atom is 0.119 e. The highest BCUT2D eigenvalue weighted by Gasteiger charge is 2.21. The van der Waals surface area contributed by atoms with Gasteiger partial charge >= 0.3 is 0 Å². The van der Waals surface area contributed by atoms with Crippen molar-refractivity contribution in [1.82, 2.24) is 5.32 Å². The molecule has 1 N–H and O–H groups in total. The Morgan fingerprint density at radius 1 is 1.50 bits per heavy atom. The summed E-state index contributed by atoms with van der Waals surface area (Å²) in [5, 5.41) is 3.28. The zero-order chi connectivity index (χ0) is 11.5. The molecule has 2 unspecified atom stereocenters. The summed E-state index contributed by atoms with van der Waals surface area (Å²) in [6.45, 7) is 0. The molecular weight excluding hydrogens is 222 g/mol. The number of nitrogens with one attached hydrogen (secondary N) is 1. The fraction of sp³-hybridized carbons (Fsp3) is 0.500.